The highest BCUT2D eigenvalue weighted by atomic mass is 19.3. The van der Waals surface area contributed by atoms with Crippen LogP contribution in [0.5, 0.6) is 0 Å². The minimum Gasteiger partial charge on any atom is -0.395 e. The second-order valence-corrected chi connectivity index (χ2v) is 3.48. The minimum absolute atomic E-state index is 0.0911. The number of nitrogen functional groups attached to an aromatic ring is 1. The lowest BCUT2D eigenvalue weighted by atomic mass is 10.2. The van der Waals surface area contributed by atoms with E-state index in [-0.39, 0.29) is 19.0 Å². The second kappa shape index (κ2) is 6.29. The zero-order chi connectivity index (χ0) is 12.8. The quantitative estimate of drug-likeness (QED) is 0.772. The summed E-state index contributed by atoms with van der Waals surface area (Å²) in [5, 5.41) is 8.88. The highest BCUT2D eigenvalue weighted by Gasteiger charge is 2.18. The van der Waals surface area contributed by atoms with Crippen LogP contribution in [0.1, 0.15) is 12.5 Å². The van der Waals surface area contributed by atoms with Gasteiger partial charge < -0.3 is 15.7 Å². The number of halogens is 2. The van der Waals surface area contributed by atoms with Gasteiger partial charge in [0.2, 0.25) is 0 Å². The van der Waals surface area contributed by atoms with E-state index in [9.17, 15) is 8.78 Å². The van der Waals surface area contributed by atoms with Crippen LogP contribution in [-0.4, -0.2) is 41.2 Å². The Morgan fingerprint density at radius 2 is 2.18 bits per heavy atom. The Hall–Kier alpha value is -1.50. The summed E-state index contributed by atoms with van der Waals surface area (Å²) in [7, 11) is 0. The molecule has 1 aromatic rings. The first kappa shape index (κ1) is 13.6. The van der Waals surface area contributed by atoms with Crippen LogP contribution in [0.4, 0.5) is 20.4 Å². The summed E-state index contributed by atoms with van der Waals surface area (Å²) in [6, 6.07) is 0. The fraction of sp³-hybridized carbons (Fsp3) is 0.600. The Morgan fingerprint density at radius 3 is 2.71 bits per heavy atom. The van der Waals surface area contributed by atoms with Gasteiger partial charge in [-0.1, -0.05) is 6.92 Å². The number of alkyl halides is 2. The number of anilines is 2. The van der Waals surface area contributed by atoms with Crippen molar-refractivity contribution in [1.82, 2.24) is 9.97 Å². The standard InChI is InChI=1S/C10H16F2N4O/c1-2-7-9(13)14-6-15-10(7)16(3-4-17)5-8(11)12/h6,8,17H,2-5H2,1H3,(H2,13,14,15). The molecule has 5 nitrogen and oxygen atoms in total. The van der Waals surface area contributed by atoms with E-state index in [2.05, 4.69) is 9.97 Å². The second-order valence-electron chi connectivity index (χ2n) is 3.48. The van der Waals surface area contributed by atoms with Crippen LogP contribution < -0.4 is 10.6 Å². The van der Waals surface area contributed by atoms with Crippen LogP contribution in [0, 0.1) is 0 Å². The monoisotopic (exact) mass is 246 g/mol. The lowest BCUT2D eigenvalue weighted by molar-refractivity contribution is 0.152. The molecule has 3 N–H and O–H groups in total. The lowest BCUT2D eigenvalue weighted by Crippen LogP contribution is -2.33. The summed E-state index contributed by atoms with van der Waals surface area (Å²) in [6.07, 6.45) is -0.713. The number of hydrogen-bond donors (Lipinski definition) is 2. The molecule has 0 bridgehead atoms. The van der Waals surface area contributed by atoms with Gasteiger partial charge in [-0.2, -0.15) is 0 Å². The maximum absolute atomic E-state index is 12.4. The van der Waals surface area contributed by atoms with Crippen molar-refractivity contribution in [3.63, 3.8) is 0 Å². The van der Waals surface area contributed by atoms with Crippen LogP contribution in [0.15, 0.2) is 6.33 Å². The zero-order valence-corrected chi connectivity index (χ0v) is 9.61. The normalized spacial score (nSPS) is 10.9. The highest BCUT2D eigenvalue weighted by molar-refractivity contribution is 5.56. The van der Waals surface area contributed by atoms with Gasteiger partial charge in [0.05, 0.1) is 13.2 Å². The molecule has 7 heteroatoms. The summed E-state index contributed by atoms with van der Waals surface area (Å²) in [5.74, 6) is 0.657. The van der Waals surface area contributed by atoms with Crippen molar-refractivity contribution in [3.05, 3.63) is 11.9 Å². The van der Waals surface area contributed by atoms with Crippen molar-refractivity contribution in [2.75, 3.05) is 30.3 Å². The van der Waals surface area contributed by atoms with E-state index in [0.717, 1.165) is 0 Å². The van der Waals surface area contributed by atoms with E-state index in [4.69, 9.17) is 10.8 Å². The first-order chi connectivity index (χ1) is 8.10. The Kier molecular flexibility index (Phi) is 5.02. The number of nitrogens with two attached hydrogens (primary N) is 1. The molecule has 1 heterocycles. The maximum Gasteiger partial charge on any atom is 0.255 e. The zero-order valence-electron chi connectivity index (χ0n) is 9.61. The predicted octanol–water partition coefficient (Wildman–Crippen LogP) is 0.685. The summed E-state index contributed by atoms with van der Waals surface area (Å²) in [6.45, 7) is 1.23. The largest absolute Gasteiger partial charge is 0.395 e. The van der Waals surface area contributed by atoms with Gasteiger partial charge in [-0.05, 0) is 6.42 Å². The van der Waals surface area contributed by atoms with Crippen LogP contribution in [0.3, 0.4) is 0 Å². The molecule has 0 atom stereocenters. The Labute approximate surface area is 98.3 Å². The van der Waals surface area contributed by atoms with E-state index < -0.39 is 13.0 Å². The molecule has 0 amide bonds. The van der Waals surface area contributed by atoms with Gasteiger partial charge in [-0.3, -0.25) is 0 Å². The third kappa shape index (κ3) is 3.48. The van der Waals surface area contributed by atoms with Crippen LogP contribution in [0.25, 0.3) is 0 Å². The molecule has 0 aliphatic rings. The Bertz CT molecular complexity index is 362. The van der Waals surface area contributed by atoms with E-state index in [1.165, 1.54) is 11.2 Å². The summed E-state index contributed by atoms with van der Waals surface area (Å²) < 4.78 is 24.9. The Morgan fingerprint density at radius 1 is 1.47 bits per heavy atom. The number of aliphatic hydroxyl groups is 1. The molecular formula is C10H16F2N4O. The van der Waals surface area contributed by atoms with Crippen LogP contribution in [0.2, 0.25) is 0 Å². The van der Waals surface area contributed by atoms with Gasteiger partial charge in [-0.25, -0.2) is 18.7 Å². The van der Waals surface area contributed by atoms with Crippen LogP contribution in [-0.2, 0) is 6.42 Å². The van der Waals surface area contributed by atoms with Crippen molar-refractivity contribution in [2.24, 2.45) is 0 Å². The number of aliphatic hydroxyl groups excluding tert-OH is 1. The van der Waals surface area contributed by atoms with Gasteiger partial charge >= 0.3 is 0 Å². The van der Waals surface area contributed by atoms with E-state index in [0.29, 0.717) is 17.8 Å². The smallest absolute Gasteiger partial charge is 0.255 e. The molecule has 17 heavy (non-hydrogen) atoms. The molecule has 0 saturated carbocycles. The van der Waals surface area contributed by atoms with E-state index >= 15 is 0 Å². The Balaban J connectivity index is 3.04. The first-order valence-corrected chi connectivity index (χ1v) is 5.33. The molecule has 0 aromatic carbocycles. The van der Waals surface area contributed by atoms with Crippen LogP contribution >= 0.6 is 0 Å². The number of nitrogens with zero attached hydrogens (tertiary/aromatic N) is 3. The summed E-state index contributed by atoms with van der Waals surface area (Å²) >= 11 is 0. The molecule has 1 rings (SSSR count). The molecule has 1 aromatic heterocycles. The van der Waals surface area contributed by atoms with Crippen molar-refractivity contribution >= 4 is 11.6 Å². The maximum atomic E-state index is 12.4. The molecule has 0 unspecified atom stereocenters. The molecule has 0 radical (unpaired) electrons. The molecule has 0 aliphatic carbocycles. The molecule has 0 fully saturated rings. The average Bonchev–Trinajstić information content (AvgIpc) is 2.27. The molecule has 0 aliphatic heterocycles. The summed E-state index contributed by atoms with van der Waals surface area (Å²) in [4.78, 5) is 9.12. The first-order valence-electron chi connectivity index (χ1n) is 5.33. The molecule has 0 spiro atoms. The van der Waals surface area contributed by atoms with Crippen molar-refractivity contribution < 1.29 is 13.9 Å². The number of aromatic nitrogens is 2. The van der Waals surface area contributed by atoms with Crippen molar-refractivity contribution in [2.45, 2.75) is 19.8 Å². The van der Waals surface area contributed by atoms with Crippen molar-refractivity contribution in [1.29, 1.82) is 0 Å². The molecule has 0 saturated heterocycles. The fourth-order valence-electron chi connectivity index (χ4n) is 1.60. The molecule has 96 valence electrons. The highest BCUT2D eigenvalue weighted by Crippen LogP contribution is 2.22. The lowest BCUT2D eigenvalue weighted by Gasteiger charge is -2.24. The van der Waals surface area contributed by atoms with Gasteiger partial charge in [-0.15, -0.1) is 0 Å². The van der Waals surface area contributed by atoms with E-state index in [1.807, 2.05) is 6.92 Å². The SMILES string of the molecule is CCc1c(N)ncnc1N(CCO)CC(F)F. The van der Waals surface area contributed by atoms with Gasteiger partial charge in [0.25, 0.3) is 6.43 Å². The number of hydrogen-bond acceptors (Lipinski definition) is 5. The topological polar surface area (TPSA) is 75.3 Å². The van der Waals surface area contributed by atoms with Gasteiger partial charge in [0.1, 0.15) is 18.0 Å². The molecular weight excluding hydrogens is 230 g/mol. The van der Waals surface area contributed by atoms with Crippen molar-refractivity contribution in [3.8, 4) is 0 Å². The van der Waals surface area contributed by atoms with Gasteiger partial charge in [0, 0.05) is 12.1 Å². The third-order valence-electron chi connectivity index (χ3n) is 2.34. The number of rotatable bonds is 6. The minimum atomic E-state index is -2.50. The van der Waals surface area contributed by atoms with E-state index in [1.54, 1.807) is 0 Å². The third-order valence-corrected chi connectivity index (χ3v) is 2.34. The fourth-order valence-corrected chi connectivity index (χ4v) is 1.60. The summed E-state index contributed by atoms with van der Waals surface area (Å²) in [5.41, 5.74) is 6.30. The predicted molar refractivity (Wildman–Crippen MR) is 61.1 cm³/mol. The average molecular weight is 246 g/mol. The van der Waals surface area contributed by atoms with Gasteiger partial charge in [0.15, 0.2) is 0 Å².